The fourth-order valence-electron chi connectivity index (χ4n) is 1.36. The smallest absolute Gasteiger partial charge is 0.283 e. The highest BCUT2D eigenvalue weighted by atomic mass is 16.5. The molecule has 0 saturated carbocycles. The molecule has 0 aliphatic rings. The van der Waals surface area contributed by atoms with Crippen LogP contribution in [0.3, 0.4) is 0 Å². The van der Waals surface area contributed by atoms with Crippen molar-refractivity contribution in [2.24, 2.45) is 0 Å². The largest absolute Gasteiger partial charge is 0.369 e. The minimum atomic E-state index is 0.145. The summed E-state index contributed by atoms with van der Waals surface area (Å²) in [7, 11) is 1.73. The van der Waals surface area contributed by atoms with Gasteiger partial charge in [0.1, 0.15) is 12.4 Å². The van der Waals surface area contributed by atoms with E-state index in [0.717, 1.165) is 12.4 Å². The summed E-state index contributed by atoms with van der Waals surface area (Å²) < 4.78 is 7.48. The highest BCUT2D eigenvalue weighted by Gasteiger charge is 2.16. The molecule has 0 aromatic carbocycles. The van der Waals surface area contributed by atoms with E-state index in [1.54, 1.807) is 7.11 Å². The molecule has 0 amide bonds. The molecule has 1 rings (SSSR count). The van der Waals surface area contributed by atoms with Crippen molar-refractivity contribution in [2.75, 3.05) is 7.11 Å². The van der Waals surface area contributed by atoms with E-state index in [4.69, 9.17) is 4.74 Å². The predicted molar refractivity (Wildman–Crippen MR) is 51.3 cm³/mol. The normalized spacial score (nSPS) is 13.2. The topological polar surface area (TPSA) is 28.9 Å². The monoisotopic (exact) mass is 183 g/mol. The lowest BCUT2D eigenvalue weighted by Gasteiger charge is -2.05. The molecule has 0 aliphatic carbocycles. The first-order valence-electron chi connectivity index (χ1n) is 4.89. The zero-order chi connectivity index (χ0) is 9.68. The van der Waals surface area contributed by atoms with Crippen molar-refractivity contribution in [3.63, 3.8) is 0 Å². The zero-order valence-electron chi connectivity index (χ0n) is 8.71. The van der Waals surface area contributed by atoms with Crippen molar-refractivity contribution in [3.8, 4) is 0 Å². The molecular formula is C10H19N2O+. The van der Waals surface area contributed by atoms with Crippen LogP contribution in [0.2, 0.25) is 0 Å². The van der Waals surface area contributed by atoms with E-state index in [2.05, 4.69) is 22.7 Å². The Balaban J connectivity index is 2.65. The first-order valence-corrected chi connectivity index (χ1v) is 4.89. The summed E-state index contributed by atoms with van der Waals surface area (Å²) in [5, 5.41) is 0. The van der Waals surface area contributed by atoms with Crippen LogP contribution in [0.15, 0.2) is 12.4 Å². The Hall–Kier alpha value is -0.830. The number of aromatic nitrogens is 2. The number of hydrogen-bond donors (Lipinski definition) is 1. The number of nitrogens with one attached hydrogen (secondary N) is 1. The van der Waals surface area contributed by atoms with Crippen LogP contribution in [-0.2, 0) is 11.3 Å². The van der Waals surface area contributed by atoms with Crippen LogP contribution in [0.25, 0.3) is 0 Å². The molecule has 0 spiro atoms. The van der Waals surface area contributed by atoms with Gasteiger partial charge in [0.25, 0.3) is 5.82 Å². The van der Waals surface area contributed by atoms with Crippen LogP contribution in [0, 0.1) is 0 Å². The van der Waals surface area contributed by atoms with Gasteiger partial charge in [-0.15, -0.1) is 0 Å². The highest BCUT2D eigenvalue weighted by molar-refractivity contribution is 4.81. The van der Waals surface area contributed by atoms with Gasteiger partial charge in [-0.05, 0) is 13.3 Å². The number of rotatable bonds is 5. The van der Waals surface area contributed by atoms with Crippen LogP contribution in [0.1, 0.15) is 38.6 Å². The summed E-state index contributed by atoms with van der Waals surface area (Å²) in [4.78, 5) is 3.20. The SMILES string of the molecule is CCCC[n+]1cc[nH]c1C(C)OC. The van der Waals surface area contributed by atoms with Crippen molar-refractivity contribution in [1.82, 2.24) is 4.98 Å². The lowest BCUT2D eigenvalue weighted by molar-refractivity contribution is -0.706. The molecule has 0 saturated heterocycles. The molecule has 1 aromatic heterocycles. The van der Waals surface area contributed by atoms with E-state index in [-0.39, 0.29) is 6.10 Å². The molecule has 1 atom stereocenters. The molecule has 74 valence electrons. The number of nitrogens with zero attached hydrogens (tertiary/aromatic N) is 1. The molecule has 0 radical (unpaired) electrons. The highest BCUT2D eigenvalue weighted by Crippen LogP contribution is 2.07. The molecule has 3 nitrogen and oxygen atoms in total. The van der Waals surface area contributed by atoms with Gasteiger partial charge < -0.3 is 4.74 Å². The lowest BCUT2D eigenvalue weighted by atomic mass is 10.3. The molecule has 1 N–H and O–H groups in total. The average molecular weight is 183 g/mol. The standard InChI is InChI=1S/C10H18N2O/c1-4-5-7-12-8-6-11-10(12)9(2)13-3/h6,8-9H,4-5,7H2,1-3H3/p+1. The zero-order valence-corrected chi connectivity index (χ0v) is 8.71. The molecule has 1 aromatic rings. The Morgan fingerprint density at radius 3 is 3.00 bits per heavy atom. The third kappa shape index (κ3) is 2.56. The van der Waals surface area contributed by atoms with Gasteiger partial charge in [0.15, 0.2) is 6.10 Å². The molecule has 0 aliphatic heterocycles. The van der Waals surface area contributed by atoms with Gasteiger partial charge in [0.2, 0.25) is 0 Å². The maximum atomic E-state index is 5.26. The Morgan fingerprint density at radius 2 is 2.38 bits per heavy atom. The second kappa shape index (κ2) is 5.02. The Kier molecular flexibility index (Phi) is 3.96. The van der Waals surface area contributed by atoms with E-state index >= 15 is 0 Å². The summed E-state index contributed by atoms with van der Waals surface area (Å²) >= 11 is 0. The van der Waals surface area contributed by atoms with Gasteiger partial charge in [-0.1, -0.05) is 13.3 Å². The number of H-pyrrole nitrogens is 1. The van der Waals surface area contributed by atoms with Gasteiger partial charge in [-0.3, -0.25) is 0 Å². The summed E-state index contributed by atoms with van der Waals surface area (Å²) in [5.74, 6) is 1.15. The molecule has 0 bridgehead atoms. The second-order valence-corrected chi connectivity index (χ2v) is 3.27. The van der Waals surface area contributed by atoms with Crippen molar-refractivity contribution in [2.45, 2.75) is 39.3 Å². The van der Waals surface area contributed by atoms with Gasteiger partial charge in [-0.25, -0.2) is 9.55 Å². The van der Waals surface area contributed by atoms with Gasteiger partial charge >= 0.3 is 0 Å². The fourth-order valence-corrected chi connectivity index (χ4v) is 1.36. The van der Waals surface area contributed by atoms with Crippen LogP contribution in [-0.4, -0.2) is 12.1 Å². The summed E-state index contributed by atoms with van der Waals surface area (Å²) in [6.45, 7) is 5.32. The van der Waals surface area contributed by atoms with Crippen molar-refractivity contribution in [1.29, 1.82) is 0 Å². The van der Waals surface area contributed by atoms with Gasteiger partial charge in [0, 0.05) is 7.11 Å². The number of aryl methyl sites for hydroxylation is 1. The fraction of sp³-hybridized carbons (Fsp3) is 0.700. The minimum absolute atomic E-state index is 0.145. The van der Waals surface area contributed by atoms with Gasteiger partial charge in [0.05, 0.1) is 6.54 Å². The number of hydrogen-bond acceptors (Lipinski definition) is 1. The predicted octanol–water partition coefficient (Wildman–Crippen LogP) is 1.81. The molecule has 3 heteroatoms. The number of aromatic amines is 1. The molecule has 1 heterocycles. The first kappa shape index (κ1) is 10.3. The van der Waals surface area contributed by atoms with Gasteiger partial charge in [-0.2, -0.15) is 0 Å². The summed E-state index contributed by atoms with van der Waals surface area (Å²) in [5.41, 5.74) is 0. The van der Waals surface area contributed by atoms with Crippen LogP contribution < -0.4 is 4.57 Å². The minimum Gasteiger partial charge on any atom is -0.369 e. The van der Waals surface area contributed by atoms with E-state index < -0.39 is 0 Å². The van der Waals surface area contributed by atoms with E-state index in [1.165, 1.54) is 12.8 Å². The van der Waals surface area contributed by atoms with Crippen molar-refractivity contribution in [3.05, 3.63) is 18.2 Å². The summed E-state index contributed by atoms with van der Waals surface area (Å²) in [6, 6.07) is 0. The lowest BCUT2D eigenvalue weighted by Crippen LogP contribution is -2.37. The van der Waals surface area contributed by atoms with Crippen LogP contribution >= 0.6 is 0 Å². The maximum absolute atomic E-state index is 5.26. The molecule has 0 fully saturated rings. The Morgan fingerprint density at radius 1 is 1.62 bits per heavy atom. The number of unbranched alkanes of at least 4 members (excludes halogenated alkanes) is 1. The molecular weight excluding hydrogens is 164 g/mol. The number of methoxy groups -OCH3 is 1. The Labute approximate surface area is 79.7 Å². The van der Waals surface area contributed by atoms with Crippen molar-refractivity contribution >= 4 is 0 Å². The third-order valence-electron chi connectivity index (χ3n) is 2.29. The van der Waals surface area contributed by atoms with Crippen LogP contribution in [0.5, 0.6) is 0 Å². The molecule has 13 heavy (non-hydrogen) atoms. The quantitative estimate of drug-likeness (QED) is 0.693. The number of imidazole rings is 1. The third-order valence-corrected chi connectivity index (χ3v) is 2.29. The Bertz CT molecular complexity index is 245. The van der Waals surface area contributed by atoms with E-state index in [0.29, 0.717) is 0 Å². The second-order valence-electron chi connectivity index (χ2n) is 3.27. The summed E-state index contributed by atoms with van der Waals surface area (Å²) in [6.07, 6.45) is 6.61. The van der Waals surface area contributed by atoms with E-state index in [9.17, 15) is 0 Å². The first-order chi connectivity index (χ1) is 6.29. The number of ether oxygens (including phenoxy) is 1. The van der Waals surface area contributed by atoms with Crippen LogP contribution in [0.4, 0.5) is 0 Å². The average Bonchev–Trinajstić information content (AvgIpc) is 2.61. The molecule has 1 unspecified atom stereocenters. The van der Waals surface area contributed by atoms with E-state index in [1.807, 2.05) is 13.1 Å². The maximum Gasteiger partial charge on any atom is 0.283 e. The van der Waals surface area contributed by atoms with Crippen molar-refractivity contribution < 1.29 is 9.30 Å².